The van der Waals surface area contributed by atoms with Crippen molar-refractivity contribution in [2.24, 2.45) is 5.92 Å². The van der Waals surface area contributed by atoms with E-state index in [9.17, 15) is 33.1 Å². The normalized spacial score (nSPS) is 21.1. The third-order valence-electron chi connectivity index (χ3n) is 5.44. The van der Waals surface area contributed by atoms with Gasteiger partial charge < -0.3 is 35.4 Å². The van der Waals surface area contributed by atoms with Crippen LogP contribution in [0.5, 0.6) is 0 Å². The summed E-state index contributed by atoms with van der Waals surface area (Å²) in [5, 5.41) is 3.50. The van der Waals surface area contributed by atoms with Gasteiger partial charge in [-0.3, -0.25) is 13.9 Å². The standard InChI is InChI=1S/C21H28N5O13P3S2/c1-14-11-19(37-16(14)13-36-41(32,33)39-42(34,35)38-40(29,30)31)26-12-15(20(22)25-21(26)28)5-4-9-23-17(27)7-10-43-44-18-6-2-3-8-24-18/h2-3,6,8,12,14,16,19H,7,9-11,13H2,1H3,(H,23,27)(H,32,33)(H,34,35)(H2,22,25,28)(H2,29,30,31)/t14?,16-,19-/m1/s1. The molecule has 1 fully saturated rings. The molecule has 1 amide bonds. The first-order chi connectivity index (χ1) is 20.5. The Bertz CT molecular complexity index is 1580. The molecule has 3 unspecified atom stereocenters. The fraction of sp³-hybridized carbons (Fsp3) is 0.429. The highest BCUT2D eigenvalue weighted by atomic mass is 33.1. The lowest BCUT2D eigenvalue weighted by Gasteiger charge is -2.20. The topological polar surface area (TPSA) is 272 Å². The van der Waals surface area contributed by atoms with Gasteiger partial charge in [0.05, 0.1) is 24.8 Å². The van der Waals surface area contributed by atoms with E-state index in [0.717, 1.165) is 9.59 Å². The molecule has 0 spiro atoms. The number of ether oxygens (including phenoxy) is 1. The van der Waals surface area contributed by atoms with Crippen molar-refractivity contribution in [1.82, 2.24) is 19.9 Å². The number of amides is 1. The molecular weight excluding hydrogens is 687 g/mol. The molecule has 1 aliphatic heterocycles. The van der Waals surface area contributed by atoms with Crippen LogP contribution in [0.2, 0.25) is 0 Å². The number of hydrogen-bond acceptors (Lipinski definition) is 14. The van der Waals surface area contributed by atoms with Crippen LogP contribution in [0.25, 0.3) is 0 Å². The van der Waals surface area contributed by atoms with Gasteiger partial charge in [0, 0.05) is 24.6 Å². The van der Waals surface area contributed by atoms with Gasteiger partial charge in [-0.25, -0.2) is 23.5 Å². The molecule has 18 nitrogen and oxygen atoms in total. The molecule has 0 aliphatic carbocycles. The molecule has 0 radical (unpaired) electrons. The van der Waals surface area contributed by atoms with Gasteiger partial charge >= 0.3 is 29.2 Å². The van der Waals surface area contributed by atoms with Crippen LogP contribution in [0.3, 0.4) is 0 Å². The van der Waals surface area contributed by atoms with Gasteiger partial charge in [-0.2, -0.15) is 13.6 Å². The van der Waals surface area contributed by atoms with Crippen molar-refractivity contribution in [2.45, 2.75) is 37.1 Å². The Labute approximate surface area is 258 Å². The number of rotatable bonds is 14. The third-order valence-corrected chi connectivity index (χ3v) is 11.5. The average molecular weight is 716 g/mol. The number of anilines is 1. The van der Waals surface area contributed by atoms with Crippen LogP contribution in [-0.4, -0.2) is 65.0 Å². The smallest absolute Gasteiger partial charge is 0.382 e. The van der Waals surface area contributed by atoms with Crippen LogP contribution in [-0.2, 0) is 36.4 Å². The lowest BCUT2D eigenvalue weighted by Crippen LogP contribution is -2.29. The minimum absolute atomic E-state index is 0.00901. The Morgan fingerprint density at radius 2 is 1.98 bits per heavy atom. The number of nitrogens with zero attached hydrogens (tertiary/aromatic N) is 3. The maximum Gasteiger partial charge on any atom is 0.490 e. The Kier molecular flexibility index (Phi) is 13.2. The highest BCUT2D eigenvalue weighted by molar-refractivity contribution is 8.76. The highest BCUT2D eigenvalue weighted by Crippen LogP contribution is 2.66. The van der Waals surface area contributed by atoms with Gasteiger partial charge in [0.15, 0.2) is 0 Å². The van der Waals surface area contributed by atoms with Crippen LogP contribution in [0.15, 0.2) is 40.4 Å². The summed E-state index contributed by atoms with van der Waals surface area (Å²) < 4.78 is 53.1. The van der Waals surface area contributed by atoms with Crippen molar-refractivity contribution in [1.29, 1.82) is 0 Å². The van der Waals surface area contributed by atoms with Gasteiger partial charge in [-0.15, -0.1) is 0 Å². The maximum atomic E-state index is 12.5. The van der Waals surface area contributed by atoms with Gasteiger partial charge in [-0.1, -0.05) is 35.6 Å². The summed E-state index contributed by atoms with van der Waals surface area (Å²) in [5.74, 6) is 5.29. The van der Waals surface area contributed by atoms with Crippen LogP contribution < -0.4 is 16.7 Å². The third kappa shape index (κ3) is 12.4. The summed E-state index contributed by atoms with van der Waals surface area (Å²) in [6.07, 6.45) is 1.61. The van der Waals surface area contributed by atoms with E-state index in [1.54, 1.807) is 13.1 Å². The maximum absolute atomic E-state index is 12.5. The van der Waals surface area contributed by atoms with Gasteiger partial charge in [0.25, 0.3) is 0 Å². The molecule has 23 heteroatoms. The Morgan fingerprint density at radius 1 is 1.23 bits per heavy atom. The number of carbonyl (C=O) groups is 1. The lowest BCUT2D eigenvalue weighted by atomic mass is 10.0. The second kappa shape index (κ2) is 16.0. The predicted octanol–water partition coefficient (Wildman–Crippen LogP) is 1.79. The van der Waals surface area contributed by atoms with E-state index in [1.165, 1.54) is 27.8 Å². The molecule has 3 rings (SSSR count). The number of phosphoric acid groups is 3. The Morgan fingerprint density at radius 3 is 2.66 bits per heavy atom. The van der Waals surface area contributed by atoms with E-state index in [-0.39, 0.29) is 42.6 Å². The monoisotopic (exact) mass is 715 g/mol. The molecule has 7 N–H and O–H groups in total. The summed E-state index contributed by atoms with van der Waals surface area (Å²) in [4.78, 5) is 68.7. The van der Waals surface area contributed by atoms with Gasteiger partial charge in [0.1, 0.15) is 17.1 Å². The molecule has 1 saturated heterocycles. The quantitative estimate of drug-likeness (QED) is 0.0704. The summed E-state index contributed by atoms with van der Waals surface area (Å²) in [6, 6.07) is 5.56. The number of pyridine rings is 1. The Balaban J connectivity index is 1.52. The highest BCUT2D eigenvalue weighted by Gasteiger charge is 2.42. The number of carbonyl (C=O) groups excluding carboxylic acids is 1. The minimum Gasteiger partial charge on any atom is -0.382 e. The van der Waals surface area contributed by atoms with Crippen molar-refractivity contribution in [3.05, 3.63) is 46.6 Å². The summed E-state index contributed by atoms with van der Waals surface area (Å²) in [6.45, 7) is 1.00. The van der Waals surface area contributed by atoms with Crippen LogP contribution in [0.1, 0.15) is 31.6 Å². The second-order valence-electron chi connectivity index (χ2n) is 8.86. The van der Waals surface area contributed by atoms with Crippen LogP contribution in [0, 0.1) is 17.8 Å². The Hall–Kier alpha value is -2.07. The average Bonchev–Trinajstić information content (AvgIpc) is 3.27. The zero-order valence-corrected chi connectivity index (χ0v) is 27.0. The SMILES string of the molecule is CC1C[C@H](n2cc(C#CCNC(=O)CCSSc3ccccn3)c(N)nc2=O)O[C@@H]1COP(=O)(O)OP(=O)(O)OP(=O)(O)O. The molecule has 1 aliphatic rings. The molecule has 242 valence electrons. The molecule has 5 atom stereocenters. The minimum atomic E-state index is -5.67. The molecule has 2 aromatic rings. The number of nitrogens with two attached hydrogens (primary N) is 1. The molecule has 2 aromatic heterocycles. The molecule has 0 bridgehead atoms. The molecule has 44 heavy (non-hydrogen) atoms. The van der Waals surface area contributed by atoms with Crippen molar-refractivity contribution in [2.75, 3.05) is 24.6 Å². The van der Waals surface area contributed by atoms with Crippen molar-refractivity contribution < 1.29 is 55.9 Å². The molecule has 3 heterocycles. The molecule has 0 saturated carbocycles. The van der Waals surface area contributed by atoms with Crippen molar-refractivity contribution >= 4 is 56.8 Å². The summed E-state index contributed by atoms with van der Waals surface area (Å²) in [7, 11) is -13.6. The summed E-state index contributed by atoms with van der Waals surface area (Å²) in [5.41, 5.74) is 5.24. The zero-order valence-electron chi connectivity index (χ0n) is 22.7. The number of nitrogens with one attached hydrogen (secondary N) is 1. The fourth-order valence-corrected chi connectivity index (χ4v) is 8.40. The fourth-order valence-electron chi connectivity index (χ4n) is 3.50. The van der Waals surface area contributed by atoms with Crippen molar-refractivity contribution in [3.63, 3.8) is 0 Å². The first-order valence-electron chi connectivity index (χ1n) is 12.3. The molecule has 0 aromatic carbocycles. The van der Waals surface area contributed by atoms with E-state index in [4.69, 9.17) is 20.3 Å². The van der Waals surface area contributed by atoms with E-state index in [0.29, 0.717) is 5.75 Å². The van der Waals surface area contributed by atoms with Gasteiger partial charge in [-0.05, 0) is 35.3 Å². The first-order valence-corrected chi connectivity index (χ1v) is 19.2. The molecular formula is C21H28N5O13P3S2. The number of hydrogen-bond donors (Lipinski definition) is 6. The first kappa shape index (κ1) is 36.4. The lowest BCUT2D eigenvalue weighted by molar-refractivity contribution is -0.120. The van der Waals surface area contributed by atoms with E-state index >= 15 is 0 Å². The van der Waals surface area contributed by atoms with Crippen LogP contribution >= 0.6 is 45.1 Å². The number of aromatic nitrogens is 3. The number of phosphoric ester groups is 1. The zero-order chi connectivity index (χ0) is 32.5. The van der Waals surface area contributed by atoms with E-state index in [2.05, 4.69) is 40.3 Å². The van der Waals surface area contributed by atoms with Crippen LogP contribution in [0.4, 0.5) is 5.82 Å². The van der Waals surface area contributed by atoms with E-state index < -0.39 is 48.1 Å². The predicted molar refractivity (Wildman–Crippen MR) is 157 cm³/mol. The van der Waals surface area contributed by atoms with E-state index in [1.807, 2.05) is 18.2 Å². The number of nitrogen functional groups attached to an aromatic ring is 1. The largest absolute Gasteiger partial charge is 0.490 e. The van der Waals surface area contributed by atoms with Gasteiger partial charge in [0.2, 0.25) is 5.91 Å². The summed E-state index contributed by atoms with van der Waals surface area (Å²) >= 11 is 0. The second-order valence-corrected chi connectivity index (χ2v) is 15.7. The van der Waals surface area contributed by atoms with Crippen molar-refractivity contribution in [3.8, 4) is 11.8 Å².